The molecule has 4 aromatic carbocycles. The molecule has 0 aliphatic rings. The second-order valence-electron chi connectivity index (χ2n) is 8.64. The summed E-state index contributed by atoms with van der Waals surface area (Å²) < 4.78 is 27.0. The third kappa shape index (κ3) is 4.81. The van der Waals surface area contributed by atoms with E-state index in [9.17, 15) is 8.42 Å². The van der Waals surface area contributed by atoms with Gasteiger partial charge in [-0.1, -0.05) is 78.3 Å². The molecule has 0 fully saturated rings. The minimum Gasteiger partial charge on any atom is -0.306 e. The molecule has 1 heterocycles. The third-order valence-corrected chi connectivity index (χ3v) is 7.24. The Kier molecular flexibility index (Phi) is 6.09. The van der Waals surface area contributed by atoms with E-state index in [-0.39, 0.29) is 5.75 Å². The Morgan fingerprint density at radius 1 is 0.771 bits per heavy atom. The van der Waals surface area contributed by atoms with Crippen LogP contribution >= 0.6 is 11.6 Å². The van der Waals surface area contributed by atoms with Gasteiger partial charge >= 0.3 is 0 Å². The summed E-state index contributed by atoms with van der Waals surface area (Å²) in [4.78, 5) is 0. The number of benzene rings is 4. The minimum atomic E-state index is -3.06. The number of imidazole rings is 1. The van der Waals surface area contributed by atoms with Gasteiger partial charge in [0.15, 0.2) is 9.84 Å². The first-order chi connectivity index (χ1) is 16.8. The summed E-state index contributed by atoms with van der Waals surface area (Å²) in [5.74, 6) is 0.0351. The van der Waals surface area contributed by atoms with Crippen molar-refractivity contribution in [2.75, 3.05) is 6.26 Å². The van der Waals surface area contributed by atoms with Crippen LogP contribution in [0, 0.1) is 5.41 Å². The Bertz CT molecular complexity index is 1680. The average molecular weight is 502 g/mol. The Balaban J connectivity index is 1.51. The van der Waals surface area contributed by atoms with E-state index in [0.29, 0.717) is 17.2 Å². The number of sulfone groups is 1. The quantitative estimate of drug-likeness (QED) is 0.318. The van der Waals surface area contributed by atoms with Crippen LogP contribution in [0.2, 0.25) is 5.02 Å². The zero-order valence-corrected chi connectivity index (χ0v) is 20.7. The molecule has 0 amide bonds. The first-order valence-electron chi connectivity index (χ1n) is 11.2. The van der Waals surface area contributed by atoms with Crippen molar-refractivity contribution in [2.45, 2.75) is 12.3 Å². The number of para-hydroxylation sites is 2. The molecule has 1 aromatic heterocycles. The highest BCUT2D eigenvalue weighted by Crippen LogP contribution is 2.25. The van der Waals surface area contributed by atoms with Crippen molar-refractivity contribution >= 4 is 32.5 Å². The summed E-state index contributed by atoms with van der Waals surface area (Å²) >= 11 is 6.41. The van der Waals surface area contributed by atoms with E-state index in [1.54, 1.807) is 0 Å². The predicted molar refractivity (Wildman–Crippen MR) is 142 cm³/mol. The monoisotopic (exact) mass is 501 g/mol. The van der Waals surface area contributed by atoms with E-state index in [0.717, 1.165) is 39.0 Å². The van der Waals surface area contributed by atoms with Crippen molar-refractivity contribution in [2.24, 2.45) is 0 Å². The van der Waals surface area contributed by atoms with Crippen molar-refractivity contribution < 1.29 is 8.42 Å². The second kappa shape index (κ2) is 9.21. The molecule has 0 radical (unpaired) electrons. The summed E-state index contributed by atoms with van der Waals surface area (Å²) in [5, 5.41) is 9.66. The molecule has 0 unspecified atom stereocenters. The van der Waals surface area contributed by atoms with Gasteiger partial charge in [0.25, 0.3) is 0 Å². The highest BCUT2D eigenvalue weighted by molar-refractivity contribution is 7.89. The maximum atomic E-state index is 11.5. The predicted octanol–water partition coefficient (Wildman–Crippen LogP) is 5.82. The molecule has 176 valence electrons. The molecule has 1 N–H and O–H groups in total. The van der Waals surface area contributed by atoms with Gasteiger partial charge in [-0.15, -0.1) is 0 Å². The van der Waals surface area contributed by atoms with Crippen molar-refractivity contribution in [3.8, 4) is 16.8 Å². The van der Waals surface area contributed by atoms with Gasteiger partial charge in [-0.3, -0.25) is 9.98 Å². The van der Waals surface area contributed by atoms with Crippen molar-refractivity contribution in [1.82, 2.24) is 9.13 Å². The molecular weight excluding hydrogens is 478 g/mol. The van der Waals surface area contributed by atoms with Gasteiger partial charge in [0.2, 0.25) is 5.62 Å². The number of rotatable bonds is 6. The molecular formula is C28H24ClN3O2S. The van der Waals surface area contributed by atoms with E-state index in [1.165, 1.54) is 6.26 Å². The number of halogens is 1. The Hall–Kier alpha value is -3.61. The maximum Gasteiger partial charge on any atom is 0.208 e. The SMILES string of the molecule is CS(=O)(=O)Cc1ccc(-c2ccc(-n3c(=N)n(Cc4ccccc4Cl)c4ccccc43)cc2)cc1. The lowest BCUT2D eigenvalue weighted by Crippen LogP contribution is -2.24. The lowest BCUT2D eigenvalue weighted by atomic mass is 10.0. The van der Waals surface area contributed by atoms with Crippen LogP contribution in [0.3, 0.4) is 0 Å². The van der Waals surface area contributed by atoms with E-state index >= 15 is 0 Å². The largest absolute Gasteiger partial charge is 0.306 e. The van der Waals surface area contributed by atoms with Crippen LogP contribution in [0.4, 0.5) is 0 Å². The zero-order valence-electron chi connectivity index (χ0n) is 19.1. The standard InChI is InChI=1S/C28H24ClN3O2S/c1-35(33,34)19-20-10-12-21(13-11-20)22-14-16-24(17-15-22)32-27-9-5-4-8-26(27)31(28(32)30)18-23-6-2-3-7-25(23)29/h2-17,30H,18-19H2,1H3. The molecule has 0 spiro atoms. The van der Waals surface area contributed by atoms with Gasteiger partial charge in [0.1, 0.15) is 0 Å². The fourth-order valence-corrected chi connectivity index (χ4v) is 5.34. The van der Waals surface area contributed by atoms with E-state index < -0.39 is 9.84 Å². The van der Waals surface area contributed by atoms with Crippen LogP contribution in [-0.4, -0.2) is 23.8 Å². The Morgan fingerprint density at radius 3 is 1.97 bits per heavy atom. The molecule has 0 atom stereocenters. The maximum absolute atomic E-state index is 11.5. The first kappa shape index (κ1) is 23.1. The lowest BCUT2D eigenvalue weighted by molar-refractivity contribution is 0.601. The summed E-state index contributed by atoms with van der Waals surface area (Å²) in [6, 6.07) is 31.3. The highest BCUT2D eigenvalue weighted by Gasteiger charge is 2.14. The smallest absolute Gasteiger partial charge is 0.208 e. The summed E-state index contributed by atoms with van der Waals surface area (Å²) in [5.41, 5.74) is 6.92. The van der Waals surface area contributed by atoms with Crippen molar-refractivity contribution in [1.29, 1.82) is 5.41 Å². The van der Waals surface area contributed by atoms with Crippen LogP contribution < -0.4 is 5.62 Å². The number of hydrogen-bond donors (Lipinski definition) is 1. The van der Waals surface area contributed by atoms with Crippen LogP contribution in [0.15, 0.2) is 97.1 Å². The molecule has 0 saturated heterocycles. The first-order valence-corrected chi connectivity index (χ1v) is 13.6. The summed E-state index contributed by atoms with van der Waals surface area (Å²) in [6.45, 7) is 0.504. The highest BCUT2D eigenvalue weighted by atomic mass is 35.5. The molecule has 0 aliphatic carbocycles. The molecule has 35 heavy (non-hydrogen) atoms. The Labute approximate surface area is 209 Å². The van der Waals surface area contributed by atoms with Gasteiger partial charge in [-0.2, -0.15) is 0 Å². The molecule has 0 bridgehead atoms. The number of nitrogens with zero attached hydrogens (tertiary/aromatic N) is 2. The van der Waals surface area contributed by atoms with Gasteiger partial charge in [0.05, 0.1) is 23.3 Å². The summed E-state index contributed by atoms with van der Waals surface area (Å²) in [7, 11) is -3.06. The number of nitrogens with one attached hydrogen (secondary N) is 1. The third-order valence-electron chi connectivity index (χ3n) is 6.01. The molecule has 5 rings (SSSR count). The zero-order chi connectivity index (χ0) is 24.6. The van der Waals surface area contributed by atoms with Crippen molar-refractivity contribution in [3.63, 3.8) is 0 Å². The second-order valence-corrected chi connectivity index (χ2v) is 11.2. The fraction of sp³-hybridized carbons (Fsp3) is 0.107. The van der Waals surface area contributed by atoms with E-state index in [2.05, 4.69) is 0 Å². The van der Waals surface area contributed by atoms with Crippen LogP contribution in [-0.2, 0) is 22.1 Å². The molecule has 5 aromatic rings. The number of aromatic nitrogens is 2. The van der Waals surface area contributed by atoms with Crippen LogP contribution in [0.25, 0.3) is 27.8 Å². The lowest BCUT2D eigenvalue weighted by Gasteiger charge is -2.08. The number of hydrogen-bond acceptors (Lipinski definition) is 3. The normalized spacial score (nSPS) is 11.7. The molecule has 0 aliphatic heterocycles. The van der Waals surface area contributed by atoms with Crippen molar-refractivity contribution in [3.05, 3.63) is 119 Å². The Morgan fingerprint density at radius 2 is 1.34 bits per heavy atom. The van der Waals surface area contributed by atoms with Gasteiger partial charge in [-0.25, -0.2) is 8.42 Å². The van der Waals surface area contributed by atoms with Gasteiger partial charge in [-0.05, 0) is 52.6 Å². The average Bonchev–Trinajstić information content (AvgIpc) is 3.11. The van der Waals surface area contributed by atoms with Crippen LogP contribution in [0.5, 0.6) is 0 Å². The molecule has 7 heteroatoms. The minimum absolute atomic E-state index is 0.0351. The molecule has 5 nitrogen and oxygen atoms in total. The topological polar surface area (TPSA) is 67.8 Å². The van der Waals surface area contributed by atoms with Gasteiger partial charge < -0.3 is 4.57 Å². The molecule has 0 saturated carbocycles. The van der Waals surface area contributed by atoms with Crippen LogP contribution in [0.1, 0.15) is 11.1 Å². The summed E-state index contributed by atoms with van der Waals surface area (Å²) in [6.07, 6.45) is 1.24. The fourth-order valence-electron chi connectivity index (χ4n) is 4.35. The van der Waals surface area contributed by atoms with Gasteiger partial charge in [0, 0.05) is 17.0 Å². The van der Waals surface area contributed by atoms with E-state index in [1.807, 2.05) is 106 Å². The van der Waals surface area contributed by atoms with E-state index in [4.69, 9.17) is 17.0 Å². The number of fused-ring (bicyclic) bond motifs is 1.